The highest BCUT2D eigenvalue weighted by atomic mass is 28.4. The number of ether oxygens (including phenoxy) is 4. The summed E-state index contributed by atoms with van der Waals surface area (Å²) < 4.78 is 28.2. The molecular formula is C33H44N2O8Si. The van der Waals surface area contributed by atoms with Gasteiger partial charge in [-0.2, -0.15) is 0 Å². The van der Waals surface area contributed by atoms with E-state index in [1.165, 1.54) is 26.4 Å². The van der Waals surface area contributed by atoms with E-state index < -0.39 is 26.3 Å². The van der Waals surface area contributed by atoms with Crippen LogP contribution in [0.5, 0.6) is 11.5 Å². The number of carbonyl (C=O) groups is 3. The van der Waals surface area contributed by atoms with Crippen molar-refractivity contribution in [2.45, 2.75) is 64.4 Å². The molecule has 1 atom stereocenters. The van der Waals surface area contributed by atoms with Gasteiger partial charge in [-0.05, 0) is 41.8 Å². The summed E-state index contributed by atoms with van der Waals surface area (Å²) in [6, 6.07) is 12.3. The number of esters is 1. The van der Waals surface area contributed by atoms with Crippen LogP contribution in [0.4, 0.5) is 10.5 Å². The number of anilines is 1. The Labute approximate surface area is 261 Å². The van der Waals surface area contributed by atoms with E-state index in [4.69, 9.17) is 23.4 Å². The number of rotatable bonds is 13. The fourth-order valence-electron chi connectivity index (χ4n) is 4.28. The zero-order chi connectivity index (χ0) is 32.5. The lowest BCUT2D eigenvalue weighted by Gasteiger charge is -2.38. The molecule has 11 heteroatoms. The Hall–Kier alpha value is -4.09. The Bertz CT molecular complexity index is 1370. The highest BCUT2D eigenvalue weighted by Crippen LogP contribution is 2.39. The number of amides is 2. The van der Waals surface area contributed by atoms with Crippen LogP contribution in [0.2, 0.25) is 18.1 Å². The van der Waals surface area contributed by atoms with Crippen LogP contribution in [0, 0.1) is 0 Å². The second kappa shape index (κ2) is 15.1. The number of benzene rings is 2. The molecule has 1 heterocycles. The van der Waals surface area contributed by atoms with Crippen LogP contribution >= 0.6 is 0 Å². The van der Waals surface area contributed by atoms with Gasteiger partial charge in [0.25, 0.3) is 5.91 Å². The largest absolute Gasteiger partial charge is 0.493 e. The maximum absolute atomic E-state index is 14.3. The minimum Gasteiger partial charge on any atom is -0.493 e. The van der Waals surface area contributed by atoms with Gasteiger partial charge in [0.15, 0.2) is 19.8 Å². The van der Waals surface area contributed by atoms with Crippen LogP contribution in [-0.2, 0) is 25.3 Å². The first-order valence-corrected chi connectivity index (χ1v) is 17.4. The van der Waals surface area contributed by atoms with Crippen LogP contribution < -0.4 is 14.8 Å². The number of carbonyl (C=O) groups excluding carboxylic acids is 3. The normalized spacial score (nSPS) is 14.8. The molecule has 0 saturated heterocycles. The molecule has 2 aromatic carbocycles. The third kappa shape index (κ3) is 8.96. The highest BCUT2D eigenvalue weighted by molar-refractivity contribution is 6.74. The molecule has 0 unspecified atom stereocenters. The lowest BCUT2D eigenvalue weighted by molar-refractivity contribution is -0.139. The Morgan fingerprint density at radius 3 is 2.41 bits per heavy atom. The van der Waals surface area contributed by atoms with E-state index in [9.17, 15) is 14.4 Å². The molecule has 2 aromatic rings. The fraction of sp³-hybridized carbons (Fsp3) is 0.424. The molecular weight excluding hydrogens is 580 g/mol. The number of methoxy groups -OCH3 is 2. The van der Waals surface area contributed by atoms with Crippen LogP contribution in [0.25, 0.3) is 0 Å². The Morgan fingerprint density at radius 1 is 1.09 bits per heavy atom. The van der Waals surface area contributed by atoms with Gasteiger partial charge in [-0.25, -0.2) is 4.79 Å². The smallest absolute Gasteiger partial charge is 0.411 e. The summed E-state index contributed by atoms with van der Waals surface area (Å²) in [6.45, 7) is 14.8. The molecule has 0 radical (unpaired) electrons. The van der Waals surface area contributed by atoms with Gasteiger partial charge in [0.1, 0.15) is 13.2 Å². The Kier molecular flexibility index (Phi) is 11.8. The van der Waals surface area contributed by atoms with Gasteiger partial charge in [0.05, 0.1) is 44.5 Å². The summed E-state index contributed by atoms with van der Waals surface area (Å²) in [6.07, 6.45) is 2.84. The van der Waals surface area contributed by atoms with E-state index in [1.807, 2.05) is 30.3 Å². The molecule has 44 heavy (non-hydrogen) atoms. The van der Waals surface area contributed by atoms with E-state index in [2.05, 4.69) is 45.8 Å². The molecule has 0 saturated carbocycles. The van der Waals surface area contributed by atoms with E-state index in [0.29, 0.717) is 17.9 Å². The minimum atomic E-state index is -2.15. The van der Waals surface area contributed by atoms with E-state index in [1.54, 1.807) is 17.2 Å². The van der Waals surface area contributed by atoms with Gasteiger partial charge in [0.2, 0.25) is 0 Å². The van der Waals surface area contributed by atoms with Crippen LogP contribution in [0.15, 0.2) is 66.9 Å². The van der Waals surface area contributed by atoms with Crippen molar-refractivity contribution >= 4 is 32.0 Å². The molecule has 0 aliphatic carbocycles. The fourth-order valence-corrected chi connectivity index (χ4v) is 5.33. The van der Waals surface area contributed by atoms with Crippen molar-refractivity contribution in [1.82, 2.24) is 4.90 Å². The standard InChI is InChI=1S/C33H44N2O8Si/c1-9-15-41-32(38)34-27-19-29(42-21-23-13-11-10-12-14-23)28(39-5)18-26(27)31(37)35-20-24(17-30(36)40-6)16-25(35)22-43-44(7,8)33(2,3)4/h9-14,18-20,25H,1,15-17,21-22H2,2-8H3,(H,34,38)/t25-/m0/s1. The summed E-state index contributed by atoms with van der Waals surface area (Å²) in [5.41, 5.74) is 1.99. The summed E-state index contributed by atoms with van der Waals surface area (Å²) in [4.78, 5) is 40.6. The zero-order valence-electron chi connectivity index (χ0n) is 26.7. The molecule has 1 aliphatic rings. The average Bonchev–Trinajstić information content (AvgIpc) is 3.39. The van der Waals surface area contributed by atoms with Gasteiger partial charge in [-0.15, -0.1) is 0 Å². The average molecular weight is 625 g/mol. The molecule has 3 rings (SSSR count). The number of nitrogens with one attached hydrogen (secondary N) is 1. The third-order valence-electron chi connectivity index (χ3n) is 7.83. The van der Waals surface area contributed by atoms with Gasteiger partial charge in [0, 0.05) is 12.3 Å². The maximum atomic E-state index is 14.3. The van der Waals surface area contributed by atoms with E-state index in [-0.39, 0.29) is 48.6 Å². The molecule has 0 spiro atoms. The maximum Gasteiger partial charge on any atom is 0.411 e. The first kappa shape index (κ1) is 34.4. The summed E-state index contributed by atoms with van der Waals surface area (Å²) >= 11 is 0. The van der Waals surface area contributed by atoms with Crippen molar-refractivity contribution < 1.29 is 37.8 Å². The van der Waals surface area contributed by atoms with Crippen molar-refractivity contribution in [1.29, 1.82) is 0 Å². The Balaban J connectivity index is 2.01. The molecule has 0 bridgehead atoms. The van der Waals surface area contributed by atoms with Gasteiger partial charge in [-0.1, -0.05) is 63.8 Å². The quantitative estimate of drug-likeness (QED) is 0.149. The molecule has 0 fully saturated rings. The second-order valence-corrected chi connectivity index (χ2v) is 16.8. The molecule has 1 N–H and O–H groups in total. The van der Waals surface area contributed by atoms with Gasteiger partial charge in [-0.3, -0.25) is 14.9 Å². The van der Waals surface area contributed by atoms with Crippen LogP contribution in [0.3, 0.4) is 0 Å². The van der Waals surface area contributed by atoms with Crippen molar-refractivity contribution in [2.24, 2.45) is 0 Å². The summed E-state index contributed by atoms with van der Waals surface area (Å²) in [5.74, 6) is -0.182. The first-order chi connectivity index (χ1) is 20.8. The SMILES string of the molecule is C=CCOC(=O)Nc1cc(OCc2ccccc2)c(OC)cc1C(=O)N1C=C(CC(=O)OC)C[C@H]1CO[Si](C)(C)C(C)(C)C. The lowest BCUT2D eigenvalue weighted by atomic mass is 10.1. The Morgan fingerprint density at radius 2 is 1.80 bits per heavy atom. The van der Waals surface area contributed by atoms with Gasteiger partial charge < -0.3 is 28.3 Å². The lowest BCUT2D eigenvalue weighted by Crippen LogP contribution is -2.45. The number of hydrogen-bond donors (Lipinski definition) is 1. The molecule has 2 amide bonds. The number of hydrogen-bond acceptors (Lipinski definition) is 8. The van der Waals surface area contributed by atoms with Gasteiger partial charge >= 0.3 is 12.1 Å². The van der Waals surface area contributed by atoms with Crippen LogP contribution in [0.1, 0.15) is 49.5 Å². The monoisotopic (exact) mass is 624 g/mol. The highest BCUT2D eigenvalue weighted by Gasteiger charge is 2.40. The van der Waals surface area contributed by atoms with Crippen molar-refractivity contribution in [2.75, 3.05) is 32.8 Å². The molecule has 0 aromatic heterocycles. The first-order valence-electron chi connectivity index (χ1n) is 14.5. The minimum absolute atomic E-state index is 0.0127. The molecule has 238 valence electrons. The number of nitrogens with zero attached hydrogens (tertiary/aromatic N) is 1. The van der Waals surface area contributed by atoms with Crippen molar-refractivity contribution in [3.05, 3.63) is 78.0 Å². The van der Waals surface area contributed by atoms with E-state index in [0.717, 1.165) is 11.1 Å². The second-order valence-electron chi connectivity index (χ2n) is 12.0. The molecule has 10 nitrogen and oxygen atoms in total. The molecule has 1 aliphatic heterocycles. The summed E-state index contributed by atoms with van der Waals surface area (Å²) in [5, 5.41) is 2.64. The van der Waals surface area contributed by atoms with Crippen molar-refractivity contribution in [3.63, 3.8) is 0 Å². The predicted molar refractivity (Wildman–Crippen MR) is 171 cm³/mol. The third-order valence-corrected chi connectivity index (χ3v) is 12.3. The van der Waals surface area contributed by atoms with Crippen molar-refractivity contribution in [3.8, 4) is 11.5 Å². The summed E-state index contributed by atoms with van der Waals surface area (Å²) in [7, 11) is 0.653. The van der Waals surface area contributed by atoms with E-state index >= 15 is 0 Å². The van der Waals surface area contributed by atoms with Crippen LogP contribution in [-0.4, -0.2) is 64.7 Å². The topological polar surface area (TPSA) is 113 Å². The predicted octanol–water partition coefficient (Wildman–Crippen LogP) is 6.69. The zero-order valence-corrected chi connectivity index (χ0v) is 27.7.